The molecule has 1 atom stereocenters. The van der Waals surface area contributed by atoms with Crippen molar-refractivity contribution in [3.8, 4) is 5.75 Å². The second-order valence-electron chi connectivity index (χ2n) is 5.33. The van der Waals surface area contributed by atoms with Crippen LogP contribution < -0.4 is 10.1 Å². The van der Waals surface area contributed by atoms with Gasteiger partial charge < -0.3 is 14.5 Å². The van der Waals surface area contributed by atoms with Gasteiger partial charge in [0, 0.05) is 5.56 Å². The summed E-state index contributed by atoms with van der Waals surface area (Å²) >= 11 is 0. The Morgan fingerprint density at radius 3 is 2.60 bits per heavy atom. The van der Waals surface area contributed by atoms with E-state index in [1.54, 1.807) is 6.26 Å². The molecule has 2 aromatic rings. The van der Waals surface area contributed by atoms with E-state index < -0.39 is 0 Å². The summed E-state index contributed by atoms with van der Waals surface area (Å²) in [5, 5.41) is 3.56. The molecule has 1 saturated carbocycles. The van der Waals surface area contributed by atoms with Crippen LogP contribution in [0.15, 0.2) is 47.3 Å². The van der Waals surface area contributed by atoms with Gasteiger partial charge in [0.05, 0.1) is 24.7 Å². The van der Waals surface area contributed by atoms with Gasteiger partial charge in [0.2, 0.25) is 0 Å². The Balaban J connectivity index is 1.75. The van der Waals surface area contributed by atoms with Crippen molar-refractivity contribution in [1.29, 1.82) is 0 Å². The lowest BCUT2D eigenvalue weighted by Gasteiger charge is -2.18. The first-order valence-corrected chi connectivity index (χ1v) is 7.39. The maximum atomic E-state index is 5.79. The molecule has 1 aliphatic carbocycles. The highest BCUT2D eigenvalue weighted by atomic mass is 16.5. The van der Waals surface area contributed by atoms with Crippen LogP contribution in [0.1, 0.15) is 43.4 Å². The largest absolute Gasteiger partial charge is 0.490 e. The van der Waals surface area contributed by atoms with Crippen molar-refractivity contribution in [2.75, 3.05) is 6.54 Å². The van der Waals surface area contributed by atoms with Crippen LogP contribution in [-0.2, 0) is 0 Å². The number of hydrogen-bond acceptors (Lipinski definition) is 3. The molecule has 0 bridgehead atoms. The lowest BCUT2D eigenvalue weighted by molar-refractivity contribution is 0.303. The third kappa shape index (κ3) is 3.23. The minimum Gasteiger partial charge on any atom is -0.490 e. The third-order valence-electron chi connectivity index (χ3n) is 3.52. The first-order valence-electron chi connectivity index (χ1n) is 7.39. The van der Waals surface area contributed by atoms with Crippen LogP contribution in [0.4, 0.5) is 0 Å². The molecule has 3 nitrogen and oxygen atoms in total. The van der Waals surface area contributed by atoms with Gasteiger partial charge >= 0.3 is 0 Å². The van der Waals surface area contributed by atoms with E-state index in [0.717, 1.165) is 24.3 Å². The molecule has 106 valence electrons. The highest BCUT2D eigenvalue weighted by Gasteiger charge is 2.23. The molecule has 0 spiro atoms. The number of furan rings is 1. The molecule has 1 fully saturated rings. The van der Waals surface area contributed by atoms with Gasteiger partial charge in [0.15, 0.2) is 0 Å². The predicted molar refractivity (Wildman–Crippen MR) is 78.9 cm³/mol. The second-order valence-corrected chi connectivity index (χ2v) is 5.33. The van der Waals surface area contributed by atoms with Gasteiger partial charge in [-0.1, -0.05) is 19.1 Å². The summed E-state index contributed by atoms with van der Waals surface area (Å²) in [5.74, 6) is 0.970. The molecule has 1 heterocycles. The van der Waals surface area contributed by atoms with E-state index in [1.165, 1.54) is 18.4 Å². The maximum Gasteiger partial charge on any atom is 0.119 e. The summed E-state index contributed by atoms with van der Waals surface area (Å²) in [5.41, 5.74) is 2.40. The van der Waals surface area contributed by atoms with E-state index in [1.807, 2.05) is 12.3 Å². The van der Waals surface area contributed by atoms with Crippen molar-refractivity contribution < 1.29 is 9.15 Å². The van der Waals surface area contributed by atoms with Crippen molar-refractivity contribution in [1.82, 2.24) is 5.32 Å². The van der Waals surface area contributed by atoms with E-state index >= 15 is 0 Å². The Labute approximate surface area is 119 Å². The molecule has 1 unspecified atom stereocenters. The molecule has 0 aliphatic heterocycles. The molecule has 1 N–H and O–H groups in total. The topological polar surface area (TPSA) is 34.4 Å². The molecule has 1 aliphatic rings. The molecular formula is C17H21NO2. The average molecular weight is 271 g/mol. The molecule has 0 radical (unpaired) electrons. The predicted octanol–water partition coefficient (Wildman–Crippen LogP) is 3.91. The van der Waals surface area contributed by atoms with Crippen LogP contribution in [0.5, 0.6) is 5.75 Å². The van der Waals surface area contributed by atoms with Gasteiger partial charge in [-0.3, -0.25) is 0 Å². The monoisotopic (exact) mass is 271 g/mol. The van der Waals surface area contributed by atoms with E-state index in [0.29, 0.717) is 6.10 Å². The average Bonchev–Trinajstić information content (AvgIpc) is 3.12. The Morgan fingerprint density at radius 2 is 2.00 bits per heavy atom. The zero-order chi connectivity index (χ0) is 13.8. The van der Waals surface area contributed by atoms with Crippen LogP contribution in [-0.4, -0.2) is 12.6 Å². The lowest BCUT2D eigenvalue weighted by Crippen LogP contribution is -2.22. The van der Waals surface area contributed by atoms with Crippen molar-refractivity contribution in [2.45, 2.75) is 38.3 Å². The minimum absolute atomic E-state index is 0.184. The highest BCUT2D eigenvalue weighted by molar-refractivity contribution is 5.34. The molecule has 1 aromatic carbocycles. The number of nitrogens with one attached hydrogen (secondary N) is 1. The Morgan fingerprint density at radius 1 is 1.20 bits per heavy atom. The van der Waals surface area contributed by atoms with E-state index in [-0.39, 0.29) is 6.04 Å². The Bertz CT molecular complexity index is 514. The third-order valence-corrected chi connectivity index (χ3v) is 3.52. The SMILES string of the molecule is CCCNC(c1ccc(OC2CC2)cc1)c1ccoc1. The van der Waals surface area contributed by atoms with Crippen LogP contribution in [0.2, 0.25) is 0 Å². The van der Waals surface area contributed by atoms with Gasteiger partial charge in [0.25, 0.3) is 0 Å². The summed E-state index contributed by atoms with van der Waals surface area (Å²) < 4.78 is 11.0. The summed E-state index contributed by atoms with van der Waals surface area (Å²) in [6, 6.07) is 10.6. The number of hydrogen-bond donors (Lipinski definition) is 1. The number of rotatable bonds is 7. The van der Waals surface area contributed by atoms with Crippen molar-refractivity contribution in [2.24, 2.45) is 0 Å². The molecular weight excluding hydrogens is 250 g/mol. The van der Waals surface area contributed by atoms with E-state index in [2.05, 4.69) is 36.5 Å². The summed E-state index contributed by atoms with van der Waals surface area (Å²) in [6.45, 7) is 3.15. The van der Waals surface area contributed by atoms with E-state index in [9.17, 15) is 0 Å². The normalized spacial score (nSPS) is 16.1. The van der Waals surface area contributed by atoms with Gasteiger partial charge in [-0.2, -0.15) is 0 Å². The molecule has 3 rings (SSSR count). The molecule has 20 heavy (non-hydrogen) atoms. The highest BCUT2D eigenvalue weighted by Crippen LogP contribution is 2.29. The van der Waals surface area contributed by atoms with Crippen LogP contribution in [0.25, 0.3) is 0 Å². The Kier molecular flexibility index (Phi) is 4.07. The van der Waals surface area contributed by atoms with Gasteiger partial charge in [-0.05, 0) is 49.6 Å². The molecule has 1 aromatic heterocycles. The molecule has 3 heteroatoms. The molecule has 0 amide bonds. The van der Waals surface area contributed by atoms with Gasteiger partial charge in [-0.25, -0.2) is 0 Å². The zero-order valence-corrected chi connectivity index (χ0v) is 11.8. The summed E-state index contributed by atoms with van der Waals surface area (Å²) in [6.07, 6.45) is 7.47. The summed E-state index contributed by atoms with van der Waals surface area (Å²) in [7, 11) is 0. The van der Waals surface area contributed by atoms with E-state index in [4.69, 9.17) is 9.15 Å². The fourth-order valence-corrected chi connectivity index (χ4v) is 2.27. The van der Waals surface area contributed by atoms with Crippen LogP contribution in [0.3, 0.4) is 0 Å². The van der Waals surface area contributed by atoms with Crippen LogP contribution >= 0.6 is 0 Å². The zero-order valence-electron chi connectivity index (χ0n) is 11.8. The second kappa shape index (κ2) is 6.14. The van der Waals surface area contributed by atoms with Crippen molar-refractivity contribution >= 4 is 0 Å². The number of ether oxygens (including phenoxy) is 1. The fourth-order valence-electron chi connectivity index (χ4n) is 2.27. The van der Waals surface area contributed by atoms with Crippen LogP contribution in [0, 0.1) is 0 Å². The first-order chi connectivity index (χ1) is 9.86. The minimum atomic E-state index is 0.184. The lowest BCUT2D eigenvalue weighted by atomic mass is 10.0. The quantitative estimate of drug-likeness (QED) is 0.829. The first kappa shape index (κ1) is 13.3. The smallest absolute Gasteiger partial charge is 0.119 e. The standard InChI is InChI=1S/C17H21NO2/c1-2-10-18-17(14-9-11-19-12-14)13-3-5-15(6-4-13)20-16-7-8-16/h3-6,9,11-12,16-18H,2,7-8,10H2,1H3. The van der Waals surface area contributed by atoms with Crippen molar-refractivity contribution in [3.05, 3.63) is 54.0 Å². The van der Waals surface area contributed by atoms with Gasteiger partial charge in [0.1, 0.15) is 5.75 Å². The maximum absolute atomic E-state index is 5.79. The fraction of sp³-hybridized carbons (Fsp3) is 0.412. The Hall–Kier alpha value is -1.74. The van der Waals surface area contributed by atoms with Gasteiger partial charge in [-0.15, -0.1) is 0 Å². The number of benzene rings is 1. The molecule has 0 saturated heterocycles. The summed E-state index contributed by atoms with van der Waals surface area (Å²) in [4.78, 5) is 0. The van der Waals surface area contributed by atoms with Crippen molar-refractivity contribution in [3.63, 3.8) is 0 Å².